The van der Waals surface area contributed by atoms with Gasteiger partial charge in [0, 0.05) is 13.1 Å². The first-order valence-electron chi connectivity index (χ1n) is 6.20. The van der Waals surface area contributed by atoms with Crippen molar-refractivity contribution in [2.75, 3.05) is 13.1 Å². The molecule has 1 atom stereocenters. The van der Waals surface area contributed by atoms with Crippen molar-refractivity contribution in [1.29, 1.82) is 0 Å². The Labute approximate surface area is 107 Å². The van der Waals surface area contributed by atoms with E-state index in [1.165, 1.54) is 0 Å². The number of aryl methyl sites for hydroxylation is 1. The van der Waals surface area contributed by atoms with Gasteiger partial charge in [-0.25, -0.2) is 0 Å². The van der Waals surface area contributed by atoms with Crippen LogP contribution in [0.3, 0.4) is 0 Å². The SMILES string of the molecule is Cc1cccc(CC(=O)N2CCNC(=O)C2C)c1. The molecule has 1 aliphatic heterocycles. The van der Waals surface area contributed by atoms with Crippen LogP contribution in [0.25, 0.3) is 0 Å². The summed E-state index contributed by atoms with van der Waals surface area (Å²) < 4.78 is 0. The van der Waals surface area contributed by atoms with Gasteiger partial charge < -0.3 is 10.2 Å². The summed E-state index contributed by atoms with van der Waals surface area (Å²) in [5.41, 5.74) is 2.14. The Balaban J connectivity index is 2.05. The second-order valence-corrected chi connectivity index (χ2v) is 4.72. The van der Waals surface area contributed by atoms with Crippen LogP contribution >= 0.6 is 0 Å². The van der Waals surface area contributed by atoms with Crippen LogP contribution in [0.4, 0.5) is 0 Å². The maximum atomic E-state index is 12.2. The largest absolute Gasteiger partial charge is 0.353 e. The summed E-state index contributed by atoms with van der Waals surface area (Å²) in [4.78, 5) is 25.3. The van der Waals surface area contributed by atoms with Gasteiger partial charge >= 0.3 is 0 Å². The summed E-state index contributed by atoms with van der Waals surface area (Å²) in [5, 5.41) is 2.76. The number of nitrogens with zero attached hydrogens (tertiary/aromatic N) is 1. The van der Waals surface area contributed by atoms with E-state index in [9.17, 15) is 9.59 Å². The second kappa shape index (κ2) is 5.21. The molecule has 1 saturated heterocycles. The molecule has 4 heteroatoms. The fourth-order valence-corrected chi connectivity index (χ4v) is 2.22. The Morgan fingerprint density at radius 1 is 1.50 bits per heavy atom. The standard InChI is InChI=1S/C14H18N2O2/c1-10-4-3-5-12(8-10)9-13(17)16-7-6-15-14(18)11(16)2/h3-5,8,11H,6-7,9H2,1-2H3,(H,15,18). The minimum Gasteiger partial charge on any atom is -0.353 e. The quantitative estimate of drug-likeness (QED) is 0.842. The van der Waals surface area contributed by atoms with E-state index in [0.29, 0.717) is 19.5 Å². The topological polar surface area (TPSA) is 49.4 Å². The molecule has 1 aromatic rings. The molecule has 0 aromatic heterocycles. The number of carbonyl (C=O) groups excluding carboxylic acids is 2. The second-order valence-electron chi connectivity index (χ2n) is 4.72. The van der Waals surface area contributed by atoms with E-state index in [0.717, 1.165) is 11.1 Å². The van der Waals surface area contributed by atoms with Gasteiger partial charge in [-0.2, -0.15) is 0 Å². The summed E-state index contributed by atoms with van der Waals surface area (Å²) >= 11 is 0. The number of piperazine rings is 1. The van der Waals surface area contributed by atoms with E-state index >= 15 is 0 Å². The van der Waals surface area contributed by atoms with Crippen molar-refractivity contribution in [2.45, 2.75) is 26.3 Å². The van der Waals surface area contributed by atoms with Gasteiger partial charge in [0.05, 0.1) is 6.42 Å². The fraction of sp³-hybridized carbons (Fsp3) is 0.429. The average molecular weight is 246 g/mol. The van der Waals surface area contributed by atoms with Crippen LogP contribution in [-0.4, -0.2) is 35.8 Å². The number of hydrogen-bond acceptors (Lipinski definition) is 2. The van der Waals surface area contributed by atoms with Gasteiger partial charge in [-0.3, -0.25) is 9.59 Å². The highest BCUT2D eigenvalue weighted by Gasteiger charge is 2.28. The normalized spacial score (nSPS) is 19.6. The first-order valence-corrected chi connectivity index (χ1v) is 6.20. The summed E-state index contributed by atoms with van der Waals surface area (Å²) in [6.45, 7) is 4.91. The van der Waals surface area contributed by atoms with Gasteiger partial charge in [0.1, 0.15) is 6.04 Å². The Morgan fingerprint density at radius 2 is 2.28 bits per heavy atom. The molecule has 0 spiro atoms. The molecule has 2 amide bonds. The minimum absolute atomic E-state index is 0.0166. The molecule has 1 aromatic carbocycles. The molecular weight excluding hydrogens is 228 g/mol. The molecule has 2 rings (SSSR count). The van der Waals surface area contributed by atoms with Crippen molar-refractivity contribution in [3.05, 3.63) is 35.4 Å². The van der Waals surface area contributed by atoms with Crippen molar-refractivity contribution in [3.63, 3.8) is 0 Å². The number of rotatable bonds is 2. The Morgan fingerprint density at radius 3 is 3.00 bits per heavy atom. The van der Waals surface area contributed by atoms with E-state index in [4.69, 9.17) is 0 Å². The molecule has 1 heterocycles. The van der Waals surface area contributed by atoms with Crippen LogP contribution in [-0.2, 0) is 16.0 Å². The van der Waals surface area contributed by atoms with Crippen molar-refractivity contribution >= 4 is 11.8 Å². The van der Waals surface area contributed by atoms with Crippen LogP contribution in [0.2, 0.25) is 0 Å². The third kappa shape index (κ3) is 2.70. The van der Waals surface area contributed by atoms with Crippen molar-refractivity contribution in [3.8, 4) is 0 Å². The molecule has 0 bridgehead atoms. The summed E-state index contributed by atoms with van der Waals surface area (Å²) in [7, 11) is 0. The van der Waals surface area contributed by atoms with Crippen LogP contribution in [0.15, 0.2) is 24.3 Å². The van der Waals surface area contributed by atoms with Gasteiger partial charge in [-0.05, 0) is 19.4 Å². The number of hydrogen-bond donors (Lipinski definition) is 1. The van der Waals surface area contributed by atoms with Crippen molar-refractivity contribution in [1.82, 2.24) is 10.2 Å². The zero-order chi connectivity index (χ0) is 13.1. The lowest BCUT2D eigenvalue weighted by molar-refractivity contribution is -0.142. The van der Waals surface area contributed by atoms with Crippen LogP contribution in [0.5, 0.6) is 0 Å². The smallest absolute Gasteiger partial charge is 0.242 e. The van der Waals surface area contributed by atoms with Crippen LogP contribution < -0.4 is 5.32 Å². The van der Waals surface area contributed by atoms with Gasteiger partial charge in [0.15, 0.2) is 0 Å². The number of amides is 2. The average Bonchev–Trinajstić information content (AvgIpc) is 2.32. The van der Waals surface area contributed by atoms with Crippen molar-refractivity contribution < 1.29 is 9.59 Å². The number of benzene rings is 1. The van der Waals surface area contributed by atoms with E-state index in [1.807, 2.05) is 31.2 Å². The van der Waals surface area contributed by atoms with Gasteiger partial charge in [0.25, 0.3) is 0 Å². The molecule has 0 aliphatic carbocycles. The molecule has 1 fully saturated rings. The van der Waals surface area contributed by atoms with Crippen LogP contribution in [0, 0.1) is 6.92 Å². The van der Waals surface area contributed by atoms with E-state index in [-0.39, 0.29) is 17.9 Å². The predicted octanol–water partition coefficient (Wildman–Crippen LogP) is 0.884. The lowest BCUT2D eigenvalue weighted by Crippen LogP contribution is -2.56. The molecule has 1 unspecified atom stereocenters. The Hall–Kier alpha value is -1.84. The van der Waals surface area contributed by atoms with E-state index < -0.39 is 0 Å². The van der Waals surface area contributed by atoms with Gasteiger partial charge in [0.2, 0.25) is 11.8 Å². The Bertz CT molecular complexity index is 471. The molecule has 1 N–H and O–H groups in total. The van der Waals surface area contributed by atoms with Crippen LogP contribution in [0.1, 0.15) is 18.1 Å². The Kier molecular flexibility index (Phi) is 3.65. The zero-order valence-electron chi connectivity index (χ0n) is 10.8. The maximum absolute atomic E-state index is 12.2. The van der Waals surface area contributed by atoms with Crippen molar-refractivity contribution in [2.24, 2.45) is 0 Å². The number of nitrogens with one attached hydrogen (secondary N) is 1. The third-order valence-corrected chi connectivity index (χ3v) is 3.26. The highest BCUT2D eigenvalue weighted by molar-refractivity contribution is 5.89. The monoisotopic (exact) mass is 246 g/mol. The molecule has 96 valence electrons. The zero-order valence-corrected chi connectivity index (χ0v) is 10.8. The molecule has 0 radical (unpaired) electrons. The predicted molar refractivity (Wildman–Crippen MR) is 69.1 cm³/mol. The first kappa shape index (κ1) is 12.6. The molecule has 1 aliphatic rings. The molecule has 18 heavy (non-hydrogen) atoms. The summed E-state index contributed by atoms with van der Waals surface area (Å²) in [5.74, 6) is -0.0539. The molecule has 4 nitrogen and oxygen atoms in total. The van der Waals surface area contributed by atoms with Gasteiger partial charge in [-0.1, -0.05) is 29.8 Å². The molecular formula is C14H18N2O2. The maximum Gasteiger partial charge on any atom is 0.242 e. The lowest BCUT2D eigenvalue weighted by Gasteiger charge is -2.32. The highest BCUT2D eigenvalue weighted by Crippen LogP contribution is 2.10. The summed E-state index contributed by atoms with van der Waals surface area (Å²) in [6.07, 6.45) is 0.360. The lowest BCUT2D eigenvalue weighted by atomic mass is 10.1. The molecule has 0 saturated carbocycles. The minimum atomic E-state index is -0.365. The van der Waals surface area contributed by atoms with E-state index in [1.54, 1.807) is 11.8 Å². The summed E-state index contributed by atoms with van der Waals surface area (Å²) in [6, 6.07) is 7.54. The first-order chi connectivity index (χ1) is 8.58. The van der Waals surface area contributed by atoms with Gasteiger partial charge in [-0.15, -0.1) is 0 Å². The van der Waals surface area contributed by atoms with E-state index in [2.05, 4.69) is 5.32 Å². The highest BCUT2D eigenvalue weighted by atomic mass is 16.2. The number of carbonyl (C=O) groups is 2. The third-order valence-electron chi connectivity index (χ3n) is 3.26. The fourth-order valence-electron chi connectivity index (χ4n) is 2.22.